The van der Waals surface area contributed by atoms with E-state index in [1.165, 1.54) is 44.8 Å². The Bertz CT molecular complexity index is 894. The zero-order valence-corrected chi connectivity index (χ0v) is 17.3. The second kappa shape index (κ2) is 6.02. The van der Waals surface area contributed by atoms with Crippen LogP contribution < -0.4 is 10.6 Å². The molecule has 0 aliphatic carbocycles. The third-order valence-corrected chi connectivity index (χ3v) is 5.54. The fourth-order valence-corrected chi connectivity index (χ4v) is 4.83. The lowest BCUT2D eigenvalue weighted by Crippen LogP contribution is -2.32. The predicted molar refractivity (Wildman–Crippen MR) is 118 cm³/mol. The van der Waals surface area contributed by atoms with Gasteiger partial charge in [-0.25, -0.2) is 0 Å². The maximum Gasteiger partial charge on any atom is 0.0505 e. The van der Waals surface area contributed by atoms with Gasteiger partial charge in [-0.2, -0.15) is 0 Å². The van der Waals surface area contributed by atoms with Crippen LogP contribution in [0.25, 0.3) is 11.1 Å². The van der Waals surface area contributed by atoms with Gasteiger partial charge >= 0.3 is 0 Å². The number of allylic oxidation sites excluding steroid dienone is 2. The lowest BCUT2D eigenvalue weighted by Gasteiger charge is -2.34. The highest BCUT2D eigenvalue weighted by molar-refractivity contribution is 5.84. The molecule has 0 atom stereocenters. The van der Waals surface area contributed by atoms with Crippen molar-refractivity contribution in [1.29, 1.82) is 0 Å². The van der Waals surface area contributed by atoms with E-state index in [0.717, 1.165) is 6.42 Å². The van der Waals surface area contributed by atoms with Crippen molar-refractivity contribution in [3.05, 3.63) is 70.8 Å². The quantitative estimate of drug-likeness (QED) is 0.641. The van der Waals surface area contributed by atoms with Crippen molar-refractivity contribution in [3.8, 4) is 0 Å². The van der Waals surface area contributed by atoms with Gasteiger partial charge in [-0.05, 0) is 82.4 Å². The first-order valence-electron chi connectivity index (χ1n) is 9.85. The summed E-state index contributed by atoms with van der Waals surface area (Å²) in [5.74, 6) is 0. The Labute approximate surface area is 163 Å². The van der Waals surface area contributed by atoms with E-state index in [1.807, 2.05) is 0 Å². The summed E-state index contributed by atoms with van der Waals surface area (Å²) in [6.45, 7) is 13.4. The molecule has 2 nitrogen and oxygen atoms in total. The molecule has 2 N–H and O–H groups in total. The topological polar surface area (TPSA) is 24.1 Å². The summed E-state index contributed by atoms with van der Waals surface area (Å²) < 4.78 is 0. The Kier molecular flexibility index (Phi) is 3.99. The summed E-state index contributed by atoms with van der Waals surface area (Å²) in [4.78, 5) is 0. The molecule has 0 radical (unpaired) electrons. The van der Waals surface area contributed by atoms with Crippen molar-refractivity contribution in [2.45, 2.75) is 59.0 Å². The molecule has 0 spiro atoms. The minimum atomic E-state index is -0.00353. The smallest absolute Gasteiger partial charge is 0.0505 e. The monoisotopic (exact) mass is 358 g/mol. The van der Waals surface area contributed by atoms with Gasteiger partial charge in [0, 0.05) is 22.5 Å². The number of hydrogen-bond donors (Lipinski definition) is 2. The van der Waals surface area contributed by atoms with Gasteiger partial charge < -0.3 is 10.6 Å². The van der Waals surface area contributed by atoms with Crippen LogP contribution in [-0.4, -0.2) is 11.1 Å². The van der Waals surface area contributed by atoms with Crippen LogP contribution in [0.2, 0.25) is 0 Å². The molecule has 2 heterocycles. The molecule has 0 amide bonds. The first-order valence-corrected chi connectivity index (χ1v) is 9.85. The molecule has 4 rings (SSSR count). The Hall–Kier alpha value is -2.48. The lowest BCUT2D eigenvalue weighted by molar-refractivity contribution is 0.706. The van der Waals surface area contributed by atoms with Crippen LogP contribution >= 0.6 is 0 Å². The van der Waals surface area contributed by atoms with E-state index < -0.39 is 0 Å². The van der Waals surface area contributed by atoms with Gasteiger partial charge in [0.15, 0.2) is 0 Å². The SMILES string of the molecule is CC1=CC(C)(C)Nc2cccc(Cc3cccc4c3C(C)=CC(C)(C)N4)c21. The van der Waals surface area contributed by atoms with Crippen LogP contribution in [0.4, 0.5) is 11.4 Å². The third-order valence-electron chi connectivity index (χ3n) is 5.54. The second-order valence-electron chi connectivity index (χ2n) is 9.20. The Morgan fingerprint density at radius 2 is 1.07 bits per heavy atom. The Morgan fingerprint density at radius 1 is 0.667 bits per heavy atom. The molecule has 2 aliphatic heterocycles. The normalized spacial score (nSPS) is 19.0. The van der Waals surface area contributed by atoms with E-state index in [-0.39, 0.29) is 11.1 Å². The molecule has 2 heteroatoms. The van der Waals surface area contributed by atoms with Gasteiger partial charge in [0.05, 0.1) is 11.1 Å². The number of benzene rings is 2. The third kappa shape index (κ3) is 3.29. The zero-order valence-electron chi connectivity index (χ0n) is 17.3. The second-order valence-corrected chi connectivity index (χ2v) is 9.20. The Balaban J connectivity index is 1.79. The molecule has 2 aromatic rings. The number of nitrogens with one attached hydrogen (secondary N) is 2. The van der Waals surface area contributed by atoms with Gasteiger partial charge in [-0.3, -0.25) is 0 Å². The van der Waals surface area contributed by atoms with Gasteiger partial charge in [0.25, 0.3) is 0 Å². The molecule has 0 unspecified atom stereocenters. The maximum absolute atomic E-state index is 3.67. The molecule has 2 aromatic carbocycles. The average Bonchev–Trinajstić information content (AvgIpc) is 2.51. The minimum absolute atomic E-state index is 0.00353. The number of fused-ring (bicyclic) bond motifs is 2. The van der Waals surface area contributed by atoms with E-state index >= 15 is 0 Å². The Morgan fingerprint density at radius 3 is 1.48 bits per heavy atom. The summed E-state index contributed by atoms with van der Waals surface area (Å²) in [6, 6.07) is 13.3. The summed E-state index contributed by atoms with van der Waals surface area (Å²) in [5.41, 5.74) is 10.7. The molecule has 0 saturated heterocycles. The summed E-state index contributed by atoms with van der Waals surface area (Å²) in [7, 11) is 0. The van der Waals surface area contributed by atoms with Crippen LogP contribution in [-0.2, 0) is 6.42 Å². The number of rotatable bonds is 2. The molecular formula is C25H30N2. The highest BCUT2D eigenvalue weighted by atomic mass is 15.0. The highest BCUT2D eigenvalue weighted by Crippen LogP contribution is 2.40. The molecule has 0 fully saturated rings. The van der Waals surface area contributed by atoms with Crippen LogP contribution in [0.5, 0.6) is 0 Å². The van der Waals surface area contributed by atoms with E-state index in [1.54, 1.807) is 0 Å². The van der Waals surface area contributed by atoms with E-state index in [2.05, 4.69) is 101 Å². The minimum Gasteiger partial charge on any atom is -0.376 e. The molecule has 2 aliphatic rings. The lowest BCUT2D eigenvalue weighted by atomic mass is 9.84. The van der Waals surface area contributed by atoms with Crippen molar-refractivity contribution >= 4 is 22.5 Å². The van der Waals surface area contributed by atoms with E-state index in [0.29, 0.717) is 0 Å². The van der Waals surface area contributed by atoms with Crippen molar-refractivity contribution in [2.24, 2.45) is 0 Å². The van der Waals surface area contributed by atoms with Gasteiger partial charge in [0.1, 0.15) is 0 Å². The zero-order chi connectivity index (χ0) is 19.4. The molecule has 0 saturated carbocycles. The first kappa shape index (κ1) is 17.9. The average molecular weight is 359 g/mol. The molecule has 0 bridgehead atoms. The molecule has 140 valence electrons. The highest BCUT2D eigenvalue weighted by Gasteiger charge is 2.26. The number of hydrogen-bond acceptors (Lipinski definition) is 2. The van der Waals surface area contributed by atoms with Crippen LogP contribution in [0, 0.1) is 0 Å². The van der Waals surface area contributed by atoms with Crippen molar-refractivity contribution in [1.82, 2.24) is 0 Å². The summed E-state index contributed by atoms with van der Waals surface area (Å²) in [6.07, 6.45) is 5.62. The van der Waals surface area contributed by atoms with E-state index in [9.17, 15) is 0 Å². The van der Waals surface area contributed by atoms with Crippen molar-refractivity contribution in [2.75, 3.05) is 10.6 Å². The summed E-state index contributed by atoms with van der Waals surface area (Å²) in [5, 5.41) is 7.35. The maximum atomic E-state index is 3.67. The fourth-order valence-electron chi connectivity index (χ4n) is 4.83. The summed E-state index contributed by atoms with van der Waals surface area (Å²) >= 11 is 0. The first-order chi connectivity index (χ1) is 12.7. The van der Waals surface area contributed by atoms with Crippen LogP contribution in [0.1, 0.15) is 63.8 Å². The van der Waals surface area contributed by atoms with E-state index in [4.69, 9.17) is 0 Å². The molecule has 27 heavy (non-hydrogen) atoms. The predicted octanol–water partition coefficient (Wildman–Crippen LogP) is 6.49. The largest absolute Gasteiger partial charge is 0.376 e. The van der Waals surface area contributed by atoms with Gasteiger partial charge in [-0.1, -0.05) is 36.4 Å². The standard InChI is InChI=1S/C25H30N2/c1-16-14-24(3,4)26-20-11-7-9-18(22(16)20)13-19-10-8-12-21-23(19)17(2)15-25(5,6)27-21/h7-12,14-15,26-27H,13H2,1-6H3. The molecular weight excluding hydrogens is 328 g/mol. The molecule has 0 aromatic heterocycles. The van der Waals surface area contributed by atoms with Gasteiger partial charge in [0.2, 0.25) is 0 Å². The van der Waals surface area contributed by atoms with Gasteiger partial charge in [-0.15, -0.1) is 0 Å². The van der Waals surface area contributed by atoms with Crippen LogP contribution in [0.3, 0.4) is 0 Å². The van der Waals surface area contributed by atoms with Crippen LogP contribution in [0.15, 0.2) is 48.6 Å². The fraction of sp³-hybridized carbons (Fsp3) is 0.360. The van der Waals surface area contributed by atoms with Crippen molar-refractivity contribution in [3.63, 3.8) is 0 Å². The van der Waals surface area contributed by atoms with Crippen molar-refractivity contribution < 1.29 is 0 Å². The number of anilines is 2.